The summed E-state index contributed by atoms with van der Waals surface area (Å²) in [6.07, 6.45) is 3.57. The zero-order valence-corrected chi connectivity index (χ0v) is 11.9. The minimum absolute atomic E-state index is 0.285. The van der Waals surface area contributed by atoms with Gasteiger partial charge in [-0.2, -0.15) is 0 Å². The molecule has 2 nitrogen and oxygen atoms in total. The summed E-state index contributed by atoms with van der Waals surface area (Å²) in [5.74, 6) is 0. The molecule has 2 rings (SSSR count). The van der Waals surface area contributed by atoms with Crippen LogP contribution in [0.1, 0.15) is 29.5 Å². The Bertz CT molecular complexity index is 368. The van der Waals surface area contributed by atoms with Gasteiger partial charge in [-0.15, -0.1) is 0 Å². The zero-order valence-electron chi connectivity index (χ0n) is 11.9. The zero-order chi connectivity index (χ0) is 13.0. The van der Waals surface area contributed by atoms with E-state index in [0.717, 1.165) is 26.2 Å². The second-order valence-electron chi connectivity index (χ2n) is 5.86. The van der Waals surface area contributed by atoms with Gasteiger partial charge in [0.1, 0.15) is 0 Å². The van der Waals surface area contributed by atoms with Crippen LogP contribution in [-0.2, 0) is 11.2 Å². The van der Waals surface area contributed by atoms with Crippen molar-refractivity contribution in [2.24, 2.45) is 5.41 Å². The second kappa shape index (κ2) is 5.85. The largest absolute Gasteiger partial charge is 0.381 e. The summed E-state index contributed by atoms with van der Waals surface area (Å²) in [5.41, 5.74) is 4.46. The molecule has 1 N–H and O–H groups in total. The molecular formula is C16H25NO. The third-order valence-corrected chi connectivity index (χ3v) is 3.82. The van der Waals surface area contributed by atoms with E-state index in [-0.39, 0.29) is 5.41 Å². The van der Waals surface area contributed by atoms with E-state index in [1.165, 1.54) is 29.5 Å². The van der Waals surface area contributed by atoms with Gasteiger partial charge in [0, 0.05) is 18.6 Å². The molecule has 1 fully saturated rings. The lowest BCUT2D eigenvalue weighted by Gasteiger charge is -2.37. The van der Waals surface area contributed by atoms with Crippen LogP contribution in [0.4, 0.5) is 0 Å². The molecule has 0 spiro atoms. The van der Waals surface area contributed by atoms with Crippen LogP contribution in [-0.4, -0.2) is 26.8 Å². The Labute approximate surface area is 111 Å². The first-order valence-electron chi connectivity index (χ1n) is 6.93. The summed E-state index contributed by atoms with van der Waals surface area (Å²) in [5, 5.41) is 3.35. The summed E-state index contributed by atoms with van der Waals surface area (Å²) < 4.78 is 5.73. The maximum Gasteiger partial charge on any atom is 0.0537 e. The lowest BCUT2D eigenvalue weighted by Crippen LogP contribution is -2.41. The maximum atomic E-state index is 5.73. The Morgan fingerprint density at radius 1 is 1.22 bits per heavy atom. The van der Waals surface area contributed by atoms with E-state index in [4.69, 9.17) is 4.74 Å². The molecule has 18 heavy (non-hydrogen) atoms. The number of benzene rings is 1. The van der Waals surface area contributed by atoms with Gasteiger partial charge in [0.05, 0.1) is 6.61 Å². The minimum atomic E-state index is 0.285. The monoisotopic (exact) mass is 247 g/mol. The molecule has 1 atom stereocenters. The van der Waals surface area contributed by atoms with Gasteiger partial charge in [0.2, 0.25) is 0 Å². The molecule has 100 valence electrons. The predicted molar refractivity (Wildman–Crippen MR) is 76.0 cm³/mol. The summed E-state index contributed by atoms with van der Waals surface area (Å²) in [4.78, 5) is 0. The molecule has 1 aromatic carbocycles. The fourth-order valence-electron chi connectivity index (χ4n) is 3.23. The van der Waals surface area contributed by atoms with Gasteiger partial charge in [-0.25, -0.2) is 0 Å². The molecule has 1 aliphatic heterocycles. The molecule has 0 bridgehead atoms. The lowest BCUT2D eigenvalue weighted by atomic mass is 9.77. The van der Waals surface area contributed by atoms with Crippen LogP contribution in [0.25, 0.3) is 0 Å². The van der Waals surface area contributed by atoms with Gasteiger partial charge in [-0.1, -0.05) is 29.3 Å². The van der Waals surface area contributed by atoms with Crippen molar-refractivity contribution in [3.63, 3.8) is 0 Å². The molecule has 1 aliphatic rings. The first-order chi connectivity index (χ1) is 8.63. The van der Waals surface area contributed by atoms with E-state index in [1.54, 1.807) is 0 Å². The lowest BCUT2D eigenvalue weighted by molar-refractivity contribution is -0.00625. The molecule has 2 heteroatoms. The third-order valence-electron chi connectivity index (χ3n) is 3.82. The van der Waals surface area contributed by atoms with Crippen LogP contribution in [0.2, 0.25) is 0 Å². The number of rotatable bonds is 4. The summed E-state index contributed by atoms with van der Waals surface area (Å²) in [7, 11) is 2.04. The Morgan fingerprint density at radius 3 is 2.50 bits per heavy atom. The van der Waals surface area contributed by atoms with Gasteiger partial charge in [-0.05, 0) is 45.7 Å². The molecule has 0 saturated carbocycles. The second-order valence-corrected chi connectivity index (χ2v) is 5.86. The standard InChI is InChI=1S/C16H25NO/c1-13-7-14(2)9-15(8-13)10-16(11-17-3)5-4-6-18-12-16/h7-9,17H,4-6,10-12H2,1-3H3. The van der Waals surface area contributed by atoms with E-state index >= 15 is 0 Å². The Balaban J connectivity index is 2.17. The Kier molecular flexibility index (Phi) is 4.41. The highest BCUT2D eigenvalue weighted by Gasteiger charge is 2.32. The highest BCUT2D eigenvalue weighted by atomic mass is 16.5. The number of aryl methyl sites for hydroxylation is 2. The molecule has 1 unspecified atom stereocenters. The van der Waals surface area contributed by atoms with Crippen molar-refractivity contribution in [2.45, 2.75) is 33.1 Å². The summed E-state index contributed by atoms with van der Waals surface area (Å²) >= 11 is 0. The van der Waals surface area contributed by atoms with Crippen molar-refractivity contribution in [3.05, 3.63) is 34.9 Å². The average Bonchev–Trinajstić information content (AvgIpc) is 2.28. The predicted octanol–water partition coefficient (Wildman–Crippen LogP) is 2.86. The van der Waals surface area contributed by atoms with Gasteiger partial charge < -0.3 is 10.1 Å². The van der Waals surface area contributed by atoms with Crippen LogP contribution < -0.4 is 5.32 Å². The van der Waals surface area contributed by atoms with Crippen LogP contribution in [0.15, 0.2) is 18.2 Å². The van der Waals surface area contributed by atoms with E-state index < -0.39 is 0 Å². The molecule has 1 saturated heterocycles. The SMILES string of the molecule is CNCC1(Cc2cc(C)cc(C)c2)CCCOC1. The minimum Gasteiger partial charge on any atom is -0.381 e. The first kappa shape index (κ1) is 13.6. The Hall–Kier alpha value is -0.860. The molecule has 0 amide bonds. The Morgan fingerprint density at radius 2 is 1.94 bits per heavy atom. The maximum absolute atomic E-state index is 5.73. The highest BCUT2D eigenvalue weighted by molar-refractivity contribution is 5.29. The normalized spacial score (nSPS) is 24.2. The van der Waals surface area contributed by atoms with Gasteiger partial charge >= 0.3 is 0 Å². The fourth-order valence-corrected chi connectivity index (χ4v) is 3.23. The molecule has 1 aromatic rings. The molecule has 0 aliphatic carbocycles. The molecule has 1 heterocycles. The van der Waals surface area contributed by atoms with Crippen molar-refractivity contribution in [1.82, 2.24) is 5.32 Å². The molecular weight excluding hydrogens is 222 g/mol. The van der Waals surface area contributed by atoms with Crippen LogP contribution in [0.5, 0.6) is 0 Å². The summed E-state index contributed by atoms with van der Waals surface area (Å²) in [6, 6.07) is 6.88. The number of hydrogen-bond donors (Lipinski definition) is 1. The van der Waals surface area contributed by atoms with E-state index in [1.807, 2.05) is 7.05 Å². The van der Waals surface area contributed by atoms with Crippen LogP contribution in [0.3, 0.4) is 0 Å². The van der Waals surface area contributed by atoms with Crippen molar-refractivity contribution in [2.75, 3.05) is 26.8 Å². The highest BCUT2D eigenvalue weighted by Crippen LogP contribution is 2.32. The van der Waals surface area contributed by atoms with Crippen molar-refractivity contribution in [3.8, 4) is 0 Å². The number of ether oxygens (including phenoxy) is 1. The van der Waals surface area contributed by atoms with Crippen LogP contribution >= 0.6 is 0 Å². The summed E-state index contributed by atoms with van der Waals surface area (Å²) in [6.45, 7) is 7.22. The quantitative estimate of drug-likeness (QED) is 0.883. The smallest absolute Gasteiger partial charge is 0.0537 e. The van der Waals surface area contributed by atoms with E-state index in [0.29, 0.717) is 0 Å². The molecule has 0 aromatic heterocycles. The first-order valence-corrected chi connectivity index (χ1v) is 6.93. The van der Waals surface area contributed by atoms with Gasteiger partial charge in [0.25, 0.3) is 0 Å². The number of hydrogen-bond acceptors (Lipinski definition) is 2. The number of nitrogens with one attached hydrogen (secondary N) is 1. The van der Waals surface area contributed by atoms with E-state index in [2.05, 4.69) is 37.4 Å². The van der Waals surface area contributed by atoms with Crippen molar-refractivity contribution in [1.29, 1.82) is 0 Å². The van der Waals surface area contributed by atoms with Gasteiger partial charge in [-0.3, -0.25) is 0 Å². The van der Waals surface area contributed by atoms with Crippen LogP contribution in [0, 0.1) is 19.3 Å². The molecule has 0 radical (unpaired) electrons. The van der Waals surface area contributed by atoms with Gasteiger partial charge in [0.15, 0.2) is 0 Å². The average molecular weight is 247 g/mol. The fraction of sp³-hybridized carbons (Fsp3) is 0.625. The third kappa shape index (κ3) is 3.33. The van der Waals surface area contributed by atoms with E-state index in [9.17, 15) is 0 Å². The van der Waals surface area contributed by atoms with Crippen molar-refractivity contribution < 1.29 is 4.74 Å². The van der Waals surface area contributed by atoms with Crippen molar-refractivity contribution >= 4 is 0 Å². The topological polar surface area (TPSA) is 21.3 Å².